The molecule has 4 rings (SSSR count). The van der Waals surface area contributed by atoms with Gasteiger partial charge in [-0.05, 0) is 51.5 Å². The quantitative estimate of drug-likeness (QED) is 0.347. The lowest BCUT2D eigenvalue weighted by Gasteiger charge is -2.23. The molecule has 0 aromatic carbocycles. The summed E-state index contributed by atoms with van der Waals surface area (Å²) in [5.41, 5.74) is -0.979. The molecular weight excluding hydrogens is 507 g/mol. The molecule has 1 N–H and O–H groups in total. The predicted molar refractivity (Wildman–Crippen MR) is 122 cm³/mol. The fourth-order valence-corrected chi connectivity index (χ4v) is 5.26. The summed E-state index contributed by atoms with van der Waals surface area (Å²) in [6, 6.07) is -1.13. The van der Waals surface area contributed by atoms with Gasteiger partial charge in [-0.1, -0.05) is 0 Å². The van der Waals surface area contributed by atoms with Crippen molar-refractivity contribution in [3.8, 4) is 10.4 Å². The average molecular weight is 533 g/mol. The summed E-state index contributed by atoms with van der Waals surface area (Å²) in [5, 5.41) is 2.07. The molecule has 3 heterocycles. The summed E-state index contributed by atoms with van der Waals surface area (Å²) in [4.78, 5) is 35.3. The number of nitrogens with zero attached hydrogens (tertiary/aromatic N) is 3. The van der Waals surface area contributed by atoms with Gasteiger partial charge < -0.3 is 15.0 Å². The number of thiazole rings is 1. The van der Waals surface area contributed by atoms with E-state index in [1.807, 2.05) is 6.92 Å². The van der Waals surface area contributed by atoms with Crippen molar-refractivity contribution in [2.24, 2.45) is 5.92 Å². The number of nitrogens with one attached hydrogen (secondary N) is 1. The van der Waals surface area contributed by atoms with Crippen LogP contribution in [0.5, 0.6) is 0 Å². The summed E-state index contributed by atoms with van der Waals surface area (Å²) in [6.07, 6.45) is -4.36. The Morgan fingerprint density at radius 1 is 1.28 bits per heavy atom. The minimum atomic E-state index is -4.56. The highest BCUT2D eigenvalue weighted by atomic mass is 32.1. The van der Waals surface area contributed by atoms with E-state index in [1.165, 1.54) is 0 Å². The third-order valence-electron chi connectivity index (χ3n) is 6.26. The average Bonchev–Trinajstić information content (AvgIpc) is 3.39. The van der Waals surface area contributed by atoms with Crippen LogP contribution < -0.4 is 5.32 Å². The largest absolute Gasteiger partial charge is 0.461 e. The van der Waals surface area contributed by atoms with Crippen LogP contribution in [0.15, 0.2) is 12.3 Å². The summed E-state index contributed by atoms with van der Waals surface area (Å²) in [5.74, 6) is -2.31. The van der Waals surface area contributed by atoms with Crippen molar-refractivity contribution >= 4 is 29.0 Å². The first kappa shape index (κ1) is 26.2. The number of anilines is 1. The second-order valence-electron chi connectivity index (χ2n) is 8.87. The Kier molecular flexibility index (Phi) is 7.48. The van der Waals surface area contributed by atoms with Gasteiger partial charge in [0.15, 0.2) is 0 Å². The maximum absolute atomic E-state index is 14.1. The van der Waals surface area contributed by atoms with Crippen molar-refractivity contribution in [2.75, 3.05) is 18.5 Å². The Bertz CT molecular complexity index is 1140. The molecule has 1 aliphatic carbocycles. The van der Waals surface area contributed by atoms with Gasteiger partial charge in [-0.3, -0.25) is 4.79 Å². The predicted octanol–water partition coefficient (Wildman–Crippen LogP) is 5.70. The summed E-state index contributed by atoms with van der Waals surface area (Å²) >= 11 is 0.713. The normalized spacial score (nSPS) is 19.0. The highest BCUT2D eigenvalue weighted by Crippen LogP contribution is 2.43. The van der Waals surface area contributed by atoms with Crippen LogP contribution in [0, 0.1) is 5.92 Å². The van der Waals surface area contributed by atoms with Gasteiger partial charge in [0.2, 0.25) is 5.01 Å². The van der Waals surface area contributed by atoms with Crippen molar-refractivity contribution in [1.29, 1.82) is 0 Å². The van der Waals surface area contributed by atoms with Gasteiger partial charge in [-0.15, -0.1) is 11.3 Å². The first-order valence-electron chi connectivity index (χ1n) is 11.6. The molecule has 36 heavy (non-hydrogen) atoms. The van der Waals surface area contributed by atoms with Crippen molar-refractivity contribution in [2.45, 2.75) is 64.2 Å². The summed E-state index contributed by atoms with van der Waals surface area (Å²) < 4.78 is 73.5. The molecule has 196 valence electrons. The van der Waals surface area contributed by atoms with E-state index in [0.29, 0.717) is 30.7 Å². The zero-order chi connectivity index (χ0) is 26.2. The highest BCUT2D eigenvalue weighted by Gasteiger charge is 2.49. The monoisotopic (exact) mass is 532 g/mol. The molecule has 1 amide bonds. The smallest absolute Gasteiger partial charge is 0.408 e. The van der Waals surface area contributed by atoms with Crippen LogP contribution in [-0.4, -0.2) is 58.2 Å². The number of likely N-dealkylation sites (tertiary alicyclic amines) is 1. The number of halogens is 5. The van der Waals surface area contributed by atoms with Crippen LogP contribution in [0.2, 0.25) is 0 Å². The van der Waals surface area contributed by atoms with Crippen LogP contribution in [-0.2, 0) is 4.74 Å². The Morgan fingerprint density at radius 2 is 2.00 bits per heavy atom. The second kappa shape index (κ2) is 10.3. The first-order valence-corrected chi connectivity index (χ1v) is 12.4. The molecule has 0 spiro atoms. The van der Waals surface area contributed by atoms with E-state index < -0.39 is 42.0 Å². The third kappa shape index (κ3) is 5.45. The SMILES string of the molecule is CCOC(=O)c1nc(C(=O)N2CCC[C@@H]2C)c(-c2cnc(NC(C3CC3)C(F)(F)F)cc2C(F)F)s1. The lowest BCUT2D eigenvalue weighted by atomic mass is 10.1. The van der Waals surface area contributed by atoms with Crippen molar-refractivity contribution in [3.63, 3.8) is 0 Å². The number of carbonyl (C=O) groups is 2. The van der Waals surface area contributed by atoms with Gasteiger partial charge in [0.05, 0.1) is 11.5 Å². The second-order valence-corrected chi connectivity index (χ2v) is 9.86. The topological polar surface area (TPSA) is 84.4 Å². The van der Waals surface area contributed by atoms with Gasteiger partial charge in [-0.2, -0.15) is 13.2 Å². The van der Waals surface area contributed by atoms with E-state index in [0.717, 1.165) is 25.1 Å². The molecule has 2 aromatic rings. The fourth-order valence-electron chi connectivity index (χ4n) is 4.27. The standard InChI is InChI=1S/C23H25F5N4O3S/c1-3-35-22(34)20-31-16(21(33)32-8-4-5-11(32)2)17(36-20)14-10-29-15(9-13(14)19(24)25)30-18(12-6-7-12)23(26,27)28/h9-12,18-19H,3-8H2,1-2H3,(H,29,30)/t11-,18?/m0/s1. The van der Waals surface area contributed by atoms with Crippen molar-refractivity contribution in [3.05, 3.63) is 28.5 Å². The van der Waals surface area contributed by atoms with Crippen LogP contribution in [0.4, 0.5) is 27.8 Å². The molecule has 1 unspecified atom stereocenters. The molecule has 1 aliphatic heterocycles. The molecule has 2 aromatic heterocycles. The highest BCUT2D eigenvalue weighted by molar-refractivity contribution is 7.17. The molecule has 0 radical (unpaired) electrons. The van der Waals surface area contributed by atoms with Crippen molar-refractivity contribution in [1.82, 2.24) is 14.9 Å². The number of rotatable bonds is 8. The molecule has 7 nitrogen and oxygen atoms in total. The van der Waals surface area contributed by atoms with Gasteiger partial charge in [0, 0.05) is 29.9 Å². The van der Waals surface area contributed by atoms with Gasteiger partial charge in [-0.25, -0.2) is 23.5 Å². The fraction of sp³-hybridized carbons (Fsp3) is 0.565. The zero-order valence-corrected chi connectivity index (χ0v) is 20.4. The number of carbonyl (C=O) groups excluding carboxylic acids is 2. The molecule has 2 aliphatic rings. The minimum absolute atomic E-state index is 0.00827. The van der Waals surface area contributed by atoms with Crippen molar-refractivity contribution < 1.29 is 36.3 Å². The van der Waals surface area contributed by atoms with Gasteiger partial charge in [0.25, 0.3) is 12.3 Å². The number of alkyl halides is 5. The Labute approximate surface area is 208 Å². The van der Waals surface area contributed by atoms with Gasteiger partial charge >= 0.3 is 12.1 Å². The third-order valence-corrected chi connectivity index (χ3v) is 7.33. The van der Waals surface area contributed by atoms with E-state index in [9.17, 15) is 31.5 Å². The number of pyridine rings is 1. The first-order chi connectivity index (χ1) is 17.0. The Balaban J connectivity index is 1.76. The number of hydrogen-bond donors (Lipinski definition) is 1. The molecule has 0 bridgehead atoms. The minimum Gasteiger partial charge on any atom is -0.461 e. The van der Waals surface area contributed by atoms with Gasteiger partial charge in [0.1, 0.15) is 17.6 Å². The van der Waals surface area contributed by atoms with E-state index in [1.54, 1.807) is 11.8 Å². The van der Waals surface area contributed by atoms with E-state index in [-0.39, 0.29) is 39.6 Å². The zero-order valence-electron chi connectivity index (χ0n) is 19.6. The molecular formula is C23H25F5N4O3S. The van der Waals surface area contributed by atoms with E-state index in [2.05, 4.69) is 15.3 Å². The summed E-state index contributed by atoms with van der Waals surface area (Å²) in [6.45, 7) is 3.94. The Morgan fingerprint density at radius 3 is 2.56 bits per heavy atom. The number of ether oxygens (including phenoxy) is 1. The van der Waals surface area contributed by atoms with Crippen LogP contribution in [0.25, 0.3) is 10.4 Å². The number of amides is 1. The molecule has 2 atom stereocenters. The van der Waals surface area contributed by atoms with Crippen LogP contribution in [0.1, 0.15) is 71.8 Å². The van der Waals surface area contributed by atoms with Crippen LogP contribution in [0.3, 0.4) is 0 Å². The number of hydrogen-bond acceptors (Lipinski definition) is 7. The molecule has 2 fully saturated rings. The molecule has 13 heteroatoms. The lowest BCUT2D eigenvalue weighted by molar-refractivity contribution is -0.146. The molecule has 1 saturated carbocycles. The molecule has 1 saturated heterocycles. The maximum Gasteiger partial charge on any atom is 0.408 e. The Hall–Kier alpha value is -2.83. The maximum atomic E-state index is 14.1. The van der Waals surface area contributed by atoms with E-state index >= 15 is 0 Å². The summed E-state index contributed by atoms with van der Waals surface area (Å²) in [7, 11) is 0. The van der Waals surface area contributed by atoms with E-state index in [4.69, 9.17) is 4.74 Å². The number of esters is 1. The van der Waals surface area contributed by atoms with Crippen LogP contribution >= 0.6 is 11.3 Å². The lowest BCUT2D eigenvalue weighted by Crippen LogP contribution is -2.38. The number of aromatic nitrogens is 2.